The molecule has 1 aliphatic rings. The highest BCUT2D eigenvalue weighted by molar-refractivity contribution is 5.53. The Morgan fingerprint density at radius 3 is 3.18 bits per heavy atom. The Morgan fingerprint density at radius 1 is 1.36 bits per heavy atom. The van der Waals surface area contributed by atoms with Gasteiger partial charge in [0, 0.05) is 30.8 Å². The van der Waals surface area contributed by atoms with E-state index in [1.807, 2.05) is 29.9 Å². The molecule has 6 nitrogen and oxygen atoms in total. The van der Waals surface area contributed by atoms with E-state index >= 15 is 0 Å². The van der Waals surface area contributed by atoms with Crippen molar-refractivity contribution in [1.82, 2.24) is 29.7 Å². The summed E-state index contributed by atoms with van der Waals surface area (Å²) in [5.41, 5.74) is 2.48. The van der Waals surface area contributed by atoms with Gasteiger partial charge in [0.1, 0.15) is 5.82 Å². The van der Waals surface area contributed by atoms with Crippen molar-refractivity contribution in [3.05, 3.63) is 47.8 Å². The van der Waals surface area contributed by atoms with Crippen LogP contribution in [0, 0.1) is 6.92 Å². The molecular formula is C16H20N6. The SMILES string of the molecule is Cc1nc(C2CCCN(Cc3cnn4ccccc34)C2)n[nH]1. The number of hydrogen-bond acceptors (Lipinski definition) is 4. The third-order valence-corrected chi connectivity index (χ3v) is 4.39. The number of pyridine rings is 1. The summed E-state index contributed by atoms with van der Waals surface area (Å²) in [6, 6.07) is 6.20. The number of likely N-dealkylation sites (tertiary alicyclic amines) is 1. The van der Waals surface area contributed by atoms with Crippen LogP contribution in [0.1, 0.15) is 36.0 Å². The fraction of sp³-hybridized carbons (Fsp3) is 0.438. The number of piperidine rings is 1. The molecule has 1 saturated heterocycles. The van der Waals surface area contributed by atoms with Crippen LogP contribution in [0.2, 0.25) is 0 Å². The molecule has 0 aromatic carbocycles. The summed E-state index contributed by atoms with van der Waals surface area (Å²) >= 11 is 0. The van der Waals surface area contributed by atoms with E-state index in [1.54, 1.807) is 0 Å². The largest absolute Gasteiger partial charge is 0.298 e. The van der Waals surface area contributed by atoms with Crippen molar-refractivity contribution in [2.45, 2.75) is 32.2 Å². The summed E-state index contributed by atoms with van der Waals surface area (Å²) in [4.78, 5) is 7.00. The number of nitrogens with zero attached hydrogens (tertiary/aromatic N) is 5. The summed E-state index contributed by atoms with van der Waals surface area (Å²) in [5, 5.41) is 11.7. The summed E-state index contributed by atoms with van der Waals surface area (Å²) < 4.78 is 1.94. The molecule has 3 aromatic heterocycles. The Bertz CT molecular complexity index is 774. The van der Waals surface area contributed by atoms with E-state index in [-0.39, 0.29) is 0 Å². The predicted molar refractivity (Wildman–Crippen MR) is 83.6 cm³/mol. The maximum atomic E-state index is 4.51. The van der Waals surface area contributed by atoms with Crippen LogP contribution in [0.3, 0.4) is 0 Å². The summed E-state index contributed by atoms with van der Waals surface area (Å²) in [6.45, 7) is 5.04. The highest BCUT2D eigenvalue weighted by Gasteiger charge is 2.24. The van der Waals surface area contributed by atoms with Gasteiger partial charge in [-0.05, 0) is 38.4 Å². The average Bonchev–Trinajstić information content (AvgIpc) is 3.15. The topological polar surface area (TPSA) is 62.1 Å². The molecule has 0 spiro atoms. The van der Waals surface area contributed by atoms with Gasteiger partial charge in [0.15, 0.2) is 5.82 Å². The van der Waals surface area contributed by atoms with Crippen LogP contribution in [0.25, 0.3) is 5.52 Å². The number of aromatic nitrogens is 5. The van der Waals surface area contributed by atoms with Crippen molar-refractivity contribution in [3.8, 4) is 0 Å². The lowest BCUT2D eigenvalue weighted by molar-refractivity contribution is 0.197. The van der Waals surface area contributed by atoms with Crippen molar-refractivity contribution < 1.29 is 0 Å². The van der Waals surface area contributed by atoms with Gasteiger partial charge in [-0.2, -0.15) is 10.2 Å². The zero-order chi connectivity index (χ0) is 14.9. The number of fused-ring (bicyclic) bond motifs is 1. The van der Waals surface area contributed by atoms with E-state index in [2.05, 4.69) is 37.3 Å². The minimum Gasteiger partial charge on any atom is -0.298 e. The molecule has 1 N–H and O–H groups in total. The number of rotatable bonds is 3. The van der Waals surface area contributed by atoms with E-state index < -0.39 is 0 Å². The first kappa shape index (κ1) is 13.5. The summed E-state index contributed by atoms with van der Waals surface area (Å²) in [5.74, 6) is 2.29. The molecule has 0 bridgehead atoms. The van der Waals surface area contributed by atoms with Crippen molar-refractivity contribution >= 4 is 5.52 Å². The third-order valence-electron chi connectivity index (χ3n) is 4.39. The molecule has 0 radical (unpaired) electrons. The van der Waals surface area contributed by atoms with Crippen LogP contribution < -0.4 is 0 Å². The zero-order valence-electron chi connectivity index (χ0n) is 12.7. The summed E-state index contributed by atoms with van der Waals surface area (Å²) in [7, 11) is 0. The second kappa shape index (κ2) is 5.53. The van der Waals surface area contributed by atoms with Gasteiger partial charge in [-0.1, -0.05) is 6.07 Å². The first-order valence-corrected chi connectivity index (χ1v) is 7.82. The fourth-order valence-electron chi connectivity index (χ4n) is 3.30. The molecule has 1 fully saturated rings. The first-order chi connectivity index (χ1) is 10.8. The van der Waals surface area contributed by atoms with Gasteiger partial charge in [-0.15, -0.1) is 0 Å². The lowest BCUT2D eigenvalue weighted by atomic mass is 9.97. The normalized spacial score (nSPS) is 19.8. The van der Waals surface area contributed by atoms with Gasteiger partial charge < -0.3 is 0 Å². The maximum Gasteiger partial charge on any atom is 0.155 e. The number of nitrogens with one attached hydrogen (secondary N) is 1. The van der Waals surface area contributed by atoms with Crippen LogP contribution in [0.5, 0.6) is 0 Å². The van der Waals surface area contributed by atoms with Crippen molar-refractivity contribution in [2.75, 3.05) is 13.1 Å². The number of H-pyrrole nitrogens is 1. The quantitative estimate of drug-likeness (QED) is 0.804. The monoisotopic (exact) mass is 296 g/mol. The third kappa shape index (κ3) is 2.50. The highest BCUT2D eigenvalue weighted by Crippen LogP contribution is 2.26. The molecule has 1 unspecified atom stereocenters. The number of aryl methyl sites for hydroxylation is 1. The van der Waals surface area contributed by atoms with Crippen molar-refractivity contribution in [1.29, 1.82) is 0 Å². The highest BCUT2D eigenvalue weighted by atomic mass is 15.2. The zero-order valence-corrected chi connectivity index (χ0v) is 12.7. The minimum absolute atomic E-state index is 0.431. The molecule has 22 heavy (non-hydrogen) atoms. The van der Waals surface area contributed by atoms with Crippen molar-refractivity contribution in [2.24, 2.45) is 0 Å². The molecule has 4 heterocycles. The van der Waals surface area contributed by atoms with Gasteiger partial charge >= 0.3 is 0 Å². The molecule has 0 amide bonds. The molecule has 1 atom stereocenters. The Hall–Kier alpha value is -2.21. The first-order valence-electron chi connectivity index (χ1n) is 7.82. The van der Waals surface area contributed by atoms with Gasteiger partial charge in [0.2, 0.25) is 0 Å². The molecule has 4 rings (SSSR count). The van der Waals surface area contributed by atoms with Crippen LogP contribution in [-0.4, -0.2) is 42.8 Å². The standard InChI is InChI=1S/C16H20N6/c1-12-18-16(20-19-12)13-5-4-7-21(10-13)11-14-9-17-22-8-3-2-6-15(14)22/h2-3,6,8-9,13H,4-5,7,10-11H2,1H3,(H,18,19,20). The molecular weight excluding hydrogens is 276 g/mol. The molecule has 1 aliphatic heterocycles. The fourth-order valence-corrected chi connectivity index (χ4v) is 3.30. The average molecular weight is 296 g/mol. The second-order valence-electron chi connectivity index (χ2n) is 6.05. The summed E-state index contributed by atoms with van der Waals surface area (Å²) in [6.07, 6.45) is 6.34. The lowest BCUT2D eigenvalue weighted by Gasteiger charge is -2.31. The van der Waals surface area contributed by atoms with Crippen LogP contribution in [-0.2, 0) is 6.54 Å². The Morgan fingerprint density at radius 2 is 2.32 bits per heavy atom. The van der Waals surface area contributed by atoms with E-state index in [0.29, 0.717) is 5.92 Å². The lowest BCUT2D eigenvalue weighted by Crippen LogP contribution is -2.34. The maximum absolute atomic E-state index is 4.51. The van der Waals surface area contributed by atoms with E-state index in [0.717, 1.165) is 31.3 Å². The number of aromatic amines is 1. The molecule has 6 heteroatoms. The van der Waals surface area contributed by atoms with E-state index in [4.69, 9.17) is 0 Å². The van der Waals surface area contributed by atoms with Gasteiger partial charge in [0.25, 0.3) is 0 Å². The van der Waals surface area contributed by atoms with Gasteiger partial charge in [-0.25, -0.2) is 9.50 Å². The molecule has 0 aliphatic carbocycles. The van der Waals surface area contributed by atoms with E-state index in [9.17, 15) is 0 Å². The minimum atomic E-state index is 0.431. The molecule has 0 saturated carbocycles. The van der Waals surface area contributed by atoms with Crippen LogP contribution >= 0.6 is 0 Å². The molecule has 114 valence electrons. The number of hydrogen-bond donors (Lipinski definition) is 1. The van der Waals surface area contributed by atoms with Gasteiger partial charge in [0.05, 0.1) is 11.7 Å². The van der Waals surface area contributed by atoms with Gasteiger partial charge in [-0.3, -0.25) is 10.00 Å². The second-order valence-corrected chi connectivity index (χ2v) is 6.05. The predicted octanol–water partition coefficient (Wildman–Crippen LogP) is 2.14. The van der Waals surface area contributed by atoms with Crippen LogP contribution in [0.15, 0.2) is 30.6 Å². The van der Waals surface area contributed by atoms with E-state index in [1.165, 1.54) is 23.9 Å². The Balaban J connectivity index is 1.51. The van der Waals surface area contributed by atoms with Crippen LogP contribution in [0.4, 0.5) is 0 Å². The molecule has 3 aromatic rings. The Labute approximate surface area is 129 Å². The Kier molecular flexibility index (Phi) is 3.38. The smallest absolute Gasteiger partial charge is 0.155 e. The van der Waals surface area contributed by atoms with Crippen molar-refractivity contribution in [3.63, 3.8) is 0 Å².